The normalized spacial score (nSPS) is 16.2. The molecule has 2 aromatic carbocycles. The van der Waals surface area contributed by atoms with E-state index in [0.717, 1.165) is 11.8 Å². The lowest BCUT2D eigenvalue weighted by Crippen LogP contribution is -2.51. The molecule has 1 aliphatic heterocycles. The zero-order valence-electron chi connectivity index (χ0n) is 15.1. The highest BCUT2D eigenvalue weighted by molar-refractivity contribution is 7.89. The van der Waals surface area contributed by atoms with Crippen LogP contribution in [0.5, 0.6) is 0 Å². The first-order valence-corrected chi connectivity index (χ1v) is 10.1. The highest BCUT2D eigenvalue weighted by Gasteiger charge is 2.29. The molecular weight excluding hydrogens is 369 g/mol. The van der Waals surface area contributed by atoms with Crippen molar-refractivity contribution < 1.29 is 17.6 Å². The molecule has 3 rings (SSSR count). The number of likely N-dealkylation sites (N-methyl/N-ethyl adjacent to an activating group) is 1. The summed E-state index contributed by atoms with van der Waals surface area (Å²) in [5.74, 6) is -0.633. The molecule has 1 saturated heterocycles. The van der Waals surface area contributed by atoms with Gasteiger partial charge in [-0.3, -0.25) is 9.69 Å². The number of para-hydroxylation sites is 1. The third kappa shape index (κ3) is 4.52. The molecule has 1 fully saturated rings. The molecular formula is C19H22FN3O3S. The first kappa shape index (κ1) is 19.5. The van der Waals surface area contributed by atoms with E-state index in [1.165, 1.54) is 22.5 Å². The zero-order valence-corrected chi connectivity index (χ0v) is 15.9. The minimum Gasteiger partial charge on any atom is -0.314 e. The van der Waals surface area contributed by atoms with Gasteiger partial charge < -0.3 is 4.90 Å². The fourth-order valence-electron chi connectivity index (χ4n) is 3.00. The number of carbonyl (C=O) groups is 1. The predicted molar refractivity (Wildman–Crippen MR) is 101 cm³/mol. The van der Waals surface area contributed by atoms with Gasteiger partial charge in [0.2, 0.25) is 15.9 Å². The molecule has 2 aromatic rings. The van der Waals surface area contributed by atoms with Gasteiger partial charge in [-0.2, -0.15) is 4.31 Å². The van der Waals surface area contributed by atoms with Crippen molar-refractivity contribution in [2.45, 2.75) is 4.90 Å². The molecule has 0 aliphatic carbocycles. The van der Waals surface area contributed by atoms with E-state index in [1.54, 1.807) is 11.9 Å². The van der Waals surface area contributed by atoms with Crippen molar-refractivity contribution in [3.63, 3.8) is 0 Å². The Labute approximate surface area is 158 Å². The highest BCUT2D eigenvalue weighted by atomic mass is 32.2. The summed E-state index contributed by atoms with van der Waals surface area (Å²) in [6, 6.07) is 14.4. The average Bonchev–Trinajstić information content (AvgIpc) is 2.68. The van der Waals surface area contributed by atoms with Crippen molar-refractivity contribution in [3.8, 4) is 0 Å². The summed E-state index contributed by atoms with van der Waals surface area (Å²) in [7, 11) is -2.00. The number of anilines is 1. The zero-order chi connectivity index (χ0) is 19.4. The lowest BCUT2D eigenvalue weighted by molar-refractivity contribution is -0.119. The van der Waals surface area contributed by atoms with E-state index < -0.39 is 15.8 Å². The number of sulfonamides is 1. The summed E-state index contributed by atoms with van der Waals surface area (Å²) in [6.07, 6.45) is 0. The highest BCUT2D eigenvalue weighted by Crippen LogP contribution is 2.19. The Kier molecular flexibility index (Phi) is 5.88. The van der Waals surface area contributed by atoms with Crippen LogP contribution in [0.1, 0.15) is 0 Å². The van der Waals surface area contributed by atoms with Gasteiger partial charge in [0.25, 0.3) is 0 Å². The smallest absolute Gasteiger partial charge is 0.243 e. The molecule has 0 saturated carbocycles. The molecule has 0 N–H and O–H groups in total. The number of piperazine rings is 1. The molecule has 0 bridgehead atoms. The van der Waals surface area contributed by atoms with Crippen LogP contribution in [-0.4, -0.2) is 63.3 Å². The molecule has 6 nitrogen and oxygen atoms in total. The first-order valence-electron chi connectivity index (χ1n) is 8.67. The fourth-order valence-corrected chi connectivity index (χ4v) is 4.45. The van der Waals surface area contributed by atoms with Gasteiger partial charge in [0.1, 0.15) is 5.82 Å². The SMILES string of the molecule is CN(C(=O)CN1CCN(S(=O)(=O)c2cccc(F)c2)CC1)c1ccccc1. The maximum atomic E-state index is 13.4. The first-order chi connectivity index (χ1) is 12.9. The quantitative estimate of drug-likeness (QED) is 0.780. The molecule has 0 aromatic heterocycles. The van der Waals surface area contributed by atoms with Gasteiger partial charge in [0.15, 0.2) is 0 Å². The number of amides is 1. The summed E-state index contributed by atoms with van der Waals surface area (Å²) in [4.78, 5) is 15.9. The molecule has 8 heteroatoms. The van der Waals surface area contributed by atoms with Crippen molar-refractivity contribution in [2.75, 3.05) is 44.7 Å². The Bertz CT molecular complexity index is 897. The Hall–Kier alpha value is -2.29. The third-order valence-corrected chi connectivity index (χ3v) is 6.54. The minimum atomic E-state index is -3.72. The van der Waals surface area contributed by atoms with Crippen molar-refractivity contribution in [3.05, 3.63) is 60.4 Å². The Morgan fingerprint density at radius 1 is 1.04 bits per heavy atom. The standard InChI is InChI=1S/C19H22FN3O3S/c1-21(17-7-3-2-4-8-17)19(24)15-22-10-12-23(13-11-22)27(25,26)18-9-5-6-16(20)14-18/h2-9,14H,10-13,15H2,1H3. The van der Waals surface area contributed by atoms with Crippen LogP contribution in [0.4, 0.5) is 10.1 Å². The summed E-state index contributed by atoms with van der Waals surface area (Å²) in [5.41, 5.74) is 0.815. The molecule has 1 heterocycles. The molecule has 0 unspecified atom stereocenters. The van der Waals surface area contributed by atoms with E-state index in [4.69, 9.17) is 0 Å². The van der Waals surface area contributed by atoms with Crippen LogP contribution in [0.15, 0.2) is 59.5 Å². The number of nitrogens with zero attached hydrogens (tertiary/aromatic N) is 3. The lowest BCUT2D eigenvalue weighted by Gasteiger charge is -2.34. The summed E-state index contributed by atoms with van der Waals surface area (Å²) in [5, 5.41) is 0. The monoisotopic (exact) mass is 391 g/mol. The van der Waals surface area contributed by atoms with Gasteiger partial charge >= 0.3 is 0 Å². The van der Waals surface area contributed by atoms with Crippen LogP contribution in [0, 0.1) is 5.82 Å². The number of hydrogen-bond donors (Lipinski definition) is 0. The van der Waals surface area contributed by atoms with Crippen LogP contribution >= 0.6 is 0 Å². The molecule has 0 radical (unpaired) electrons. The maximum absolute atomic E-state index is 13.4. The molecule has 27 heavy (non-hydrogen) atoms. The van der Waals surface area contributed by atoms with E-state index in [1.807, 2.05) is 35.2 Å². The summed E-state index contributed by atoms with van der Waals surface area (Å²) >= 11 is 0. The second-order valence-electron chi connectivity index (χ2n) is 6.43. The second kappa shape index (κ2) is 8.16. The topological polar surface area (TPSA) is 60.9 Å². The predicted octanol–water partition coefficient (Wildman–Crippen LogP) is 1.79. The van der Waals surface area contributed by atoms with Gasteiger partial charge in [0, 0.05) is 38.9 Å². The number of carbonyl (C=O) groups excluding carboxylic acids is 1. The van der Waals surface area contributed by atoms with E-state index in [-0.39, 0.29) is 30.4 Å². The minimum absolute atomic E-state index is 0.0455. The van der Waals surface area contributed by atoms with Crippen molar-refractivity contribution in [2.24, 2.45) is 0 Å². The lowest BCUT2D eigenvalue weighted by atomic mass is 10.3. The molecule has 0 spiro atoms. The van der Waals surface area contributed by atoms with Crippen LogP contribution in [0.3, 0.4) is 0 Å². The second-order valence-corrected chi connectivity index (χ2v) is 8.36. The fraction of sp³-hybridized carbons (Fsp3) is 0.316. The number of hydrogen-bond acceptors (Lipinski definition) is 4. The number of rotatable bonds is 5. The van der Waals surface area contributed by atoms with Crippen LogP contribution in [-0.2, 0) is 14.8 Å². The number of benzene rings is 2. The molecule has 0 atom stereocenters. The Morgan fingerprint density at radius 3 is 2.33 bits per heavy atom. The van der Waals surface area contributed by atoms with Gasteiger partial charge in [-0.25, -0.2) is 12.8 Å². The van der Waals surface area contributed by atoms with E-state index in [9.17, 15) is 17.6 Å². The van der Waals surface area contributed by atoms with Gasteiger partial charge in [-0.1, -0.05) is 24.3 Å². The number of halogens is 1. The van der Waals surface area contributed by atoms with Crippen molar-refractivity contribution in [1.82, 2.24) is 9.21 Å². The summed E-state index contributed by atoms with van der Waals surface area (Å²) < 4.78 is 39.9. The van der Waals surface area contributed by atoms with Crippen molar-refractivity contribution in [1.29, 1.82) is 0 Å². The van der Waals surface area contributed by atoms with Crippen LogP contribution in [0.25, 0.3) is 0 Å². The van der Waals surface area contributed by atoms with Crippen LogP contribution < -0.4 is 4.90 Å². The average molecular weight is 391 g/mol. The van der Waals surface area contributed by atoms with E-state index >= 15 is 0 Å². The van der Waals surface area contributed by atoms with Gasteiger partial charge in [-0.05, 0) is 30.3 Å². The Morgan fingerprint density at radius 2 is 1.70 bits per heavy atom. The van der Waals surface area contributed by atoms with Gasteiger partial charge in [-0.15, -0.1) is 0 Å². The van der Waals surface area contributed by atoms with E-state index in [2.05, 4.69) is 0 Å². The van der Waals surface area contributed by atoms with E-state index in [0.29, 0.717) is 13.1 Å². The summed E-state index contributed by atoms with van der Waals surface area (Å²) in [6.45, 7) is 1.65. The Balaban J connectivity index is 1.58. The van der Waals surface area contributed by atoms with Crippen LogP contribution in [0.2, 0.25) is 0 Å². The molecule has 1 amide bonds. The molecule has 144 valence electrons. The largest absolute Gasteiger partial charge is 0.314 e. The maximum Gasteiger partial charge on any atom is 0.243 e. The van der Waals surface area contributed by atoms with Gasteiger partial charge in [0.05, 0.1) is 11.4 Å². The third-order valence-electron chi connectivity index (χ3n) is 4.64. The molecule has 1 aliphatic rings. The van der Waals surface area contributed by atoms with Crippen molar-refractivity contribution >= 4 is 21.6 Å².